The van der Waals surface area contributed by atoms with Crippen molar-refractivity contribution < 1.29 is 4.74 Å². The zero-order valence-electron chi connectivity index (χ0n) is 6.11. The second kappa shape index (κ2) is 3.53. The molecule has 11 heavy (non-hydrogen) atoms. The van der Waals surface area contributed by atoms with E-state index in [0.29, 0.717) is 6.61 Å². The minimum atomic E-state index is -0.436. The zero-order valence-corrected chi connectivity index (χ0v) is 8.38. The van der Waals surface area contributed by atoms with Crippen LogP contribution in [0.15, 0.2) is 10.6 Å². The molecule has 0 radical (unpaired) electrons. The van der Waals surface area contributed by atoms with Gasteiger partial charge in [0, 0.05) is 13.0 Å². The van der Waals surface area contributed by atoms with Crippen LogP contribution < -0.4 is 0 Å². The van der Waals surface area contributed by atoms with E-state index < -0.39 is 4.87 Å². The molecule has 0 aromatic carbocycles. The van der Waals surface area contributed by atoms with Crippen LogP contribution in [-0.4, -0.2) is 17.6 Å². The molecule has 1 fully saturated rings. The molecule has 2 unspecified atom stereocenters. The van der Waals surface area contributed by atoms with Gasteiger partial charge in [0.2, 0.25) is 0 Å². The van der Waals surface area contributed by atoms with Crippen LogP contribution in [0.4, 0.5) is 0 Å². The highest BCUT2D eigenvalue weighted by molar-refractivity contribution is 6.56. The SMILES string of the molecule is CCOC1CC1(Cl)C=C(Cl)Cl. The first kappa shape index (κ1) is 9.66. The van der Waals surface area contributed by atoms with Crippen LogP contribution in [0.3, 0.4) is 0 Å². The van der Waals surface area contributed by atoms with Gasteiger partial charge in [-0.3, -0.25) is 0 Å². The maximum atomic E-state index is 6.01. The molecule has 0 aromatic heterocycles. The number of hydrogen-bond acceptors (Lipinski definition) is 1. The highest BCUT2D eigenvalue weighted by Gasteiger charge is 2.52. The van der Waals surface area contributed by atoms with Crippen LogP contribution in [0, 0.1) is 0 Å². The van der Waals surface area contributed by atoms with Gasteiger partial charge in [0.1, 0.15) is 4.49 Å². The van der Waals surface area contributed by atoms with Crippen molar-refractivity contribution in [1.29, 1.82) is 0 Å². The quantitative estimate of drug-likeness (QED) is 0.658. The van der Waals surface area contributed by atoms with Crippen LogP contribution in [-0.2, 0) is 4.74 Å². The zero-order chi connectivity index (χ0) is 8.48. The minimum absolute atomic E-state index is 0.0849. The second-order valence-corrected chi connectivity index (χ2v) is 4.22. The van der Waals surface area contributed by atoms with Gasteiger partial charge in [-0.1, -0.05) is 23.2 Å². The van der Waals surface area contributed by atoms with E-state index in [1.807, 2.05) is 6.92 Å². The molecule has 1 rings (SSSR count). The molecule has 1 saturated carbocycles. The lowest BCUT2D eigenvalue weighted by Crippen LogP contribution is -2.05. The highest BCUT2D eigenvalue weighted by Crippen LogP contribution is 2.47. The number of alkyl halides is 1. The van der Waals surface area contributed by atoms with Gasteiger partial charge in [-0.15, -0.1) is 11.6 Å². The van der Waals surface area contributed by atoms with Crippen molar-refractivity contribution in [3.63, 3.8) is 0 Å². The second-order valence-electron chi connectivity index (χ2n) is 2.51. The van der Waals surface area contributed by atoms with E-state index in [2.05, 4.69) is 0 Å². The average Bonchev–Trinajstić information content (AvgIpc) is 2.40. The Bertz CT molecular complexity index is 177. The van der Waals surface area contributed by atoms with E-state index in [4.69, 9.17) is 39.5 Å². The van der Waals surface area contributed by atoms with Crippen molar-refractivity contribution in [2.24, 2.45) is 0 Å². The van der Waals surface area contributed by atoms with Crippen LogP contribution in [0.25, 0.3) is 0 Å². The largest absolute Gasteiger partial charge is 0.376 e. The van der Waals surface area contributed by atoms with Crippen molar-refractivity contribution in [1.82, 2.24) is 0 Å². The van der Waals surface area contributed by atoms with E-state index in [9.17, 15) is 0 Å². The Morgan fingerprint density at radius 1 is 1.73 bits per heavy atom. The number of ether oxygens (including phenoxy) is 1. The molecular weight excluding hydrogens is 206 g/mol. The Kier molecular flexibility index (Phi) is 3.10. The van der Waals surface area contributed by atoms with Gasteiger partial charge in [-0.05, 0) is 13.0 Å². The van der Waals surface area contributed by atoms with Gasteiger partial charge in [0.25, 0.3) is 0 Å². The van der Waals surface area contributed by atoms with Crippen molar-refractivity contribution >= 4 is 34.8 Å². The number of rotatable bonds is 3. The summed E-state index contributed by atoms with van der Waals surface area (Å²) in [5.41, 5.74) is 0. The Labute approximate surface area is 81.3 Å². The van der Waals surface area contributed by atoms with Crippen LogP contribution in [0.2, 0.25) is 0 Å². The molecule has 0 spiro atoms. The third-order valence-electron chi connectivity index (χ3n) is 1.59. The van der Waals surface area contributed by atoms with E-state index in [0.717, 1.165) is 6.42 Å². The van der Waals surface area contributed by atoms with Crippen LogP contribution in [0.5, 0.6) is 0 Å². The van der Waals surface area contributed by atoms with Gasteiger partial charge in [0.15, 0.2) is 0 Å². The van der Waals surface area contributed by atoms with Gasteiger partial charge in [-0.2, -0.15) is 0 Å². The molecule has 64 valence electrons. The summed E-state index contributed by atoms with van der Waals surface area (Å²) >= 11 is 16.9. The highest BCUT2D eigenvalue weighted by atomic mass is 35.5. The summed E-state index contributed by atoms with van der Waals surface area (Å²) in [6.45, 7) is 2.61. The van der Waals surface area contributed by atoms with Gasteiger partial charge >= 0.3 is 0 Å². The molecule has 0 aromatic rings. The lowest BCUT2D eigenvalue weighted by atomic mass is 10.4. The molecule has 4 heteroatoms. The fourth-order valence-electron chi connectivity index (χ4n) is 0.957. The Hall–Kier alpha value is 0.570. The predicted octanol–water partition coefficient (Wildman–Crippen LogP) is 3.09. The van der Waals surface area contributed by atoms with Gasteiger partial charge in [0.05, 0.1) is 11.0 Å². The van der Waals surface area contributed by atoms with Crippen LogP contribution >= 0.6 is 34.8 Å². The summed E-state index contributed by atoms with van der Waals surface area (Å²) in [6.07, 6.45) is 2.50. The summed E-state index contributed by atoms with van der Waals surface area (Å²) in [5.74, 6) is 0. The normalized spacial score (nSPS) is 35.1. The molecule has 0 aliphatic heterocycles. The molecule has 1 aliphatic rings. The maximum absolute atomic E-state index is 6.01. The van der Waals surface area contributed by atoms with Crippen molar-refractivity contribution in [3.05, 3.63) is 10.6 Å². The van der Waals surface area contributed by atoms with Gasteiger partial charge < -0.3 is 4.74 Å². The fourth-order valence-corrected chi connectivity index (χ4v) is 1.77. The van der Waals surface area contributed by atoms with Gasteiger partial charge in [-0.25, -0.2) is 0 Å². The third kappa shape index (κ3) is 2.51. The molecule has 0 amide bonds. The Morgan fingerprint density at radius 3 is 2.82 bits per heavy atom. The van der Waals surface area contributed by atoms with Crippen molar-refractivity contribution in [3.8, 4) is 0 Å². The first-order chi connectivity index (χ1) is 5.08. The van der Waals surface area contributed by atoms with E-state index in [1.54, 1.807) is 6.08 Å². The molecule has 0 saturated heterocycles. The lowest BCUT2D eigenvalue weighted by Gasteiger charge is -2.01. The minimum Gasteiger partial charge on any atom is -0.376 e. The van der Waals surface area contributed by atoms with Crippen molar-refractivity contribution in [2.75, 3.05) is 6.61 Å². The summed E-state index contributed by atoms with van der Waals surface area (Å²) < 4.78 is 5.49. The van der Waals surface area contributed by atoms with Crippen LogP contribution in [0.1, 0.15) is 13.3 Å². The van der Waals surface area contributed by atoms with E-state index >= 15 is 0 Å². The monoisotopic (exact) mass is 214 g/mol. The maximum Gasteiger partial charge on any atom is 0.104 e. The summed E-state index contributed by atoms with van der Waals surface area (Å²) in [4.78, 5) is -0.436. The topological polar surface area (TPSA) is 9.23 Å². The summed E-state index contributed by atoms with van der Waals surface area (Å²) in [5, 5.41) is 0. The van der Waals surface area contributed by atoms with Crippen molar-refractivity contribution in [2.45, 2.75) is 24.3 Å². The standard InChI is InChI=1S/C7H9Cl3O/c1-2-11-5-3-7(5,10)4-6(8)9/h4-5H,2-3H2,1H3. The predicted molar refractivity (Wildman–Crippen MR) is 48.4 cm³/mol. The molecule has 0 N–H and O–H groups in total. The Balaban J connectivity index is 2.43. The van der Waals surface area contributed by atoms with E-state index in [-0.39, 0.29) is 10.6 Å². The molecule has 0 heterocycles. The summed E-state index contributed by atoms with van der Waals surface area (Å²) in [6, 6.07) is 0. The molecular formula is C7H9Cl3O. The number of hydrogen-bond donors (Lipinski definition) is 0. The molecule has 0 bridgehead atoms. The molecule has 2 atom stereocenters. The third-order valence-corrected chi connectivity index (χ3v) is 2.32. The average molecular weight is 216 g/mol. The Morgan fingerprint density at radius 2 is 2.36 bits per heavy atom. The van der Waals surface area contributed by atoms with E-state index in [1.165, 1.54) is 0 Å². The fraction of sp³-hybridized carbons (Fsp3) is 0.714. The first-order valence-corrected chi connectivity index (χ1v) is 4.56. The molecule has 1 nitrogen and oxygen atoms in total. The molecule has 1 aliphatic carbocycles. The lowest BCUT2D eigenvalue weighted by molar-refractivity contribution is 0.128. The first-order valence-electron chi connectivity index (χ1n) is 3.43. The summed E-state index contributed by atoms with van der Waals surface area (Å²) in [7, 11) is 0. The smallest absolute Gasteiger partial charge is 0.104 e. The number of halogens is 3.